The predicted octanol–water partition coefficient (Wildman–Crippen LogP) is 2.00. The average Bonchev–Trinajstić information content (AvgIpc) is 2.48. The van der Waals surface area contributed by atoms with Crippen LogP contribution in [0.5, 0.6) is 0 Å². The number of benzene rings is 1. The molecule has 2 rings (SSSR count). The quantitative estimate of drug-likeness (QED) is 0.903. The van der Waals surface area contributed by atoms with E-state index in [1.54, 1.807) is 17.2 Å². The van der Waals surface area contributed by atoms with E-state index in [4.69, 9.17) is 0 Å². The molecule has 0 bridgehead atoms. The van der Waals surface area contributed by atoms with Crippen molar-refractivity contribution in [1.82, 2.24) is 15.3 Å². The van der Waals surface area contributed by atoms with E-state index in [1.165, 1.54) is 24.3 Å². The second-order valence-corrected chi connectivity index (χ2v) is 4.56. The molecule has 2 amide bonds. The van der Waals surface area contributed by atoms with E-state index >= 15 is 0 Å². The Kier molecular flexibility index (Phi) is 4.65. The van der Waals surface area contributed by atoms with Crippen LogP contribution in [0.3, 0.4) is 0 Å². The number of amides is 2. The van der Waals surface area contributed by atoms with E-state index in [-0.39, 0.29) is 18.4 Å². The standard InChI is InChI=1S/C14H16FN5O/c1-20(2)13-16-8-7-12(18-13)9-17-14(21)19-11-5-3-10(15)4-6-11/h3-8H,9H2,1-2H3,(H2,17,19,21). The molecule has 1 aromatic heterocycles. The van der Waals surface area contributed by atoms with Crippen molar-refractivity contribution in [3.05, 3.63) is 48.0 Å². The minimum Gasteiger partial charge on any atom is -0.347 e. The molecule has 0 aliphatic heterocycles. The van der Waals surface area contributed by atoms with Gasteiger partial charge in [-0.15, -0.1) is 0 Å². The van der Waals surface area contributed by atoms with Gasteiger partial charge in [-0.1, -0.05) is 0 Å². The van der Waals surface area contributed by atoms with E-state index < -0.39 is 0 Å². The zero-order valence-corrected chi connectivity index (χ0v) is 11.8. The molecule has 110 valence electrons. The lowest BCUT2D eigenvalue weighted by Gasteiger charge is -2.11. The lowest BCUT2D eigenvalue weighted by Crippen LogP contribution is -2.28. The van der Waals surface area contributed by atoms with Crippen LogP contribution >= 0.6 is 0 Å². The summed E-state index contributed by atoms with van der Waals surface area (Å²) in [6.07, 6.45) is 1.64. The van der Waals surface area contributed by atoms with Gasteiger partial charge in [0.05, 0.1) is 12.2 Å². The van der Waals surface area contributed by atoms with Crippen molar-refractivity contribution in [2.24, 2.45) is 0 Å². The minimum absolute atomic E-state index is 0.274. The lowest BCUT2D eigenvalue weighted by atomic mass is 10.3. The fourth-order valence-electron chi connectivity index (χ4n) is 1.58. The number of carbonyl (C=O) groups is 1. The minimum atomic E-state index is -0.383. The maximum atomic E-state index is 12.8. The van der Waals surface area contributed by atoms with Crippen LogP contribution in [0.1, 0.15) is 5.69 Å². The number of hydrogen-bond acceptors (Lipinski definition) is 4. The molecule has 2 N–H and O–H groups in total. The predicted molar refractivity (Wildman–Crippen MR) is 78.6 cm³/mol. The lowest BCUT2D eigenvalue weighted by molar-refractivity contribution is 0.251. The highest BCUT2D eigenvalue weighted by atomic mass is 19.1. The van der Waals surface area contributed by atoms with Crippen LogP contribution in [0.25, 0.3) is 0 Å². The highest BCUT2D eigenvalue weighted by Gasteiger charge is 2.04. The third kappa shape index (κ3) is 4.41. The van der Waals surface area contributed by atoms with Crippen LogP contribution in [-0.4, -0.2) is 30.1 Å². The summed E-state index contributed by atoms with van der Waals surface area (Å²) >= 11 is 0. The van der Waals surface area contributed by atoms with Gasteiger partial charge in [-0.2, -0.15) is 0 Å². The molecule has 1 heterocycles. The van der Waals surface area contributed by atoms with Gasteiger partial charge >= 0.3 is 6.03 Å². The molecule has 0 unspecified atom stereocenters. The maximum Gasteiger partial charge on any atom is 0.319 e. The van der Waals surface area contributed by atoms with Gasteiger partial charge in [-0.25, -0.2) is 19.2 Å². The molecule has 0 aliphatic rings. The van der Waals surface area contributed by atoms with Crippen molar-refractivity contribution in [2.45, 2.75) is 6.54 Å². The maximum absolute atomic E-state index is 12.8. The van der Waals surface area contributed by atoms with Crippen molar-refractivity contribution in [1.29, 1.82) is 0 Å². The largest absolute Gasteiger partial charge is 0.347 e. The molecule has 6 nitrogen and oxygen atoms in total. The third-order valence-corrected chi connectivity index (χ3v) is 2.63. The number of rotatable bonds is 4. The smallest absolute Gasteiger partial charge is 0.319 e. The summed E-state index contributed by atoms with van der Waals surface area (Å²) in [5.41, 5.74) is 1.22. The van der Waals surface area contributed by atoms with Crippen LogP contribution in [0, 0.1) is 5.82 Å². The van der Waals surface area contributed by atoms with Crippen LogP contribution in [-0.2, 0) is 6.54 Å². The Labute approximate surface area is 122 Å². The zero-order chi connectivity index (χ0) is 15.2. The van der Waals surface area contributed by atoms with Crippen LogP contribution < -0.4 is 15.5 Å². The fraction of sp³-hybridized carbons (Fsp3) is 0.214. The number of hydrogen-bond donors (Lipinski definition) is 2. The fourth-order valence-corrected chi connectivity index (χ4v) is 1.58. The molecule has 7 heteroatoms. The molecular weight excluding hydrogens is 273 g/mol. The number of aromatic nitrogens is 2. The number of urea groups is 1. The monoisotopic (exact) mass is 289 g/mol. The van der Waals surface area contributed by atoms with Gasteiger partial charge in [-0.05, 0) is 30.3 Å². The molecule has 0 aliphatic carbocycles. The summed E-state index contributed by atoms with van der Waals surface area (Å²) in [4.78, 5) is 21.9. The van der Waals surface area contributed by atoms with E-state index in [1.807, 2.05) is 14.1 Å². The van der Waals surface area contributed by atoms with Gasteiger partial charge in [0.2, 0.25) is 5.95 Å². The second kappa shape index (κ2) is 6.65. The molecule has 21 heavy (non-hydrogen) atoms. The molecule has 0 spiro atoms. The summed E-state index contributed by atoms with van der Waals surface area (Å²) in [5.74, 6) is 0.228. The molecule has 0 atom stereocenters. The Morgan fingerprint density at radius 2 is 1.95 bits per heavy atom. The van der Waals surface area contributed by atoms with Gasteiger partial charge in [0.1, 0.15) is 5.82 Å². The van der Waals surface area contributed by atoms with Gasteiger partial charge in [0.15, 0.2) is 0 Å². The first kappa shape index (κ1) is 14.7. The van der Waals surface area contributed by atoms with Gasteiger partial charge < -0.3 is 15.5 Å². The van der Waals surface area contributed by atoms with E-state index in [0.29, 0.717) is 17.3 Å². The first-order valence-corrected chi connectivity index (χ1v) is 6.34. The number of nitrogens with one attached hydrogen (secondary N) is 2. The Bertz CT molecular complexity index is 615. The van der Waals surface area contributed by atoms with Crippen LogP contribution in [0.4, 0.5) is 20.8 Å². The number of halogens is 1. The van der Waals surface area contributed by atoms with E-state index in [0.717, 1.165) is 0 Å². The normalized spacial score (nSPS) is 10.0. The van der Waals surface area contributed by atoms with Crippen LogP contribution in [0.15, 0.2) is 36.5 Å². The number of carbonyl (C=O) groups excluding carboxylic acids is 1. The van der Waals surface area contributed by atoms with Crippen molar-refractivity contribution in [3.8, 4) is 0 Å². The zero-order valence-electron chi connectivity index (χ0n) is 11.8. The SMILES string of the molecule is CN(C)c1nccc(CNC(=O)Nc2ccc(F)cc2)n1. The molecule has 1 aromatic carbocycles. The van der Waals surface area contributed by atoms with Gasteiger partial charge in [-0.3, -0.25) is 0 Å². The average molecular weight is 289 g/mol. The van der Waals surface area contributed by atoms with Crippen LogP contribution in [0.2, 0.25) is 0 Å². The molecule has 0 saturated heterocycles. The number of nitrogens with zero attached hydrogens (tertiary/aromatic N) is 3. The molecule has 2 aromatic rings. The molecule has 0 fully saturated rings. The summed E-state index contributed by atoms with van der Waals surface area (Å²) < 4.78 is 12.8. The highest BCUT2D eigenvalue weighted by Crippen LogP contribution is 2.08. The van der Waals surface area contributed by atoms with Crippen molar-refractivity contribution < 1.29 is 9.18 Å². The molecular formula is C14H16FN5O. The Hall–Kier alpha value is -2.70. The summed E-state index contributed by atoms with van der Waals surface area (Å²) in [6.45, 7) is 0.274. The Morgan fingerprint density at radius 3 is 2.62 bits per heavy atom. The van der Waals surface area contributed by atoms with Gasteiger partial charge in [0.25, 0.3) is 0 Å². The summed E-state index contributed by atoms with van der Waals surface area (Å²) in [7, 11) is 3.68. The number of anilines is 2. The van der Waals surface area contributed by atoms with Crippen molar-refractivity contribution >= 4 is 17.7 Å². The Balaban J connectivity index is 1.89. The second-order valence-electron chi connectivity index (χ2n) is 4.56. The van der Waals surface area contributed by atoms with Gasteiger partial charge in [0, 0.05) is 26.0 Å². The first-order chi connectivity index (χ1) is 10.0. The molecule has 0 saturated carbocycles. The topological polar surface area (TPSA) is 70.2 Å². The first-order valence-electron chi connectivity index (χ1n) is 6.34. The van der Waals surface area contributed by atoms with Crippen molar-refractivity contribution in [2.75, 3.05) is 24.3 Å². The van der Waals surface area contributed by atoms with E-state index in [2.05, 4.69) is 20.6 Å². The summed E-state index contributed by atoms with van der Waals surface area (Å²) in [6, 6.07) is 6.89. The van der Waals surface area contributed by atoms with Crippen molar-refractivity contribution in [3.63, 3.8) is 0 Å². The highest BCUT2D eigenvalue weighted by molar-refractivity contribution is 5.89. The molecule has 0 radical (unpaired) electrons. The van der Waals surface area contributed by atoms with E-state index in [9.17, 15) is 9.18 Å². The third-order valence-electron chi connectivity index (χ3n) is 2.63. The summed E-state index contributed by atoms with van der Waals surface area (Å²) in [5, 5.41) is 5.28. The Morgan fingerprint density at radius 1 is 1.24 bits per heavy atom.